The highest BCUT2D eigenvalue weighted by Crippen LogP contribution is 2.22. The molecule has 0 spiro atoms. The molecule has 0 saturated heterocycles. The van der Waals surface area contributed by atoms with Crippen molar-refractivity contribution in [2.45, 2.75) is 32.6 Å². The first kappa shape index (κ1) is 12.4. The van der Waals surface area contributed by atoms with Crippen molar-refractivity contribution >= 4 is 27.3 Å². The van der Waals surface area contributed by atoms with Crippen LogP contribution in [0.4, 0.5) is 11.4 Å². The minimum atomic E-state index is 0.805. The molecular weight excluding hydrogens is 252 g/mol. The van der Waals surface area contributed by atoms with Gasteiger partial charge in [0.25, 0.3) is 0 Å². The van der Waals surface area contributed by atoms with Crippen LogP contribution in [0.5, 0.6) is 0 Å². The number of nitrogens with one attached hydrogen (secondary N) is 1. The van der Waals surface area contributed by atoms with Crippen molar-refractivity contribution in [3.63, 3.8) is 0 Å². The van der Waals surface area contributed by atoms with Crippen LogP contribution in [0.3, 0.4) is 0 Å². The fraction of sp³-hybridized carbons (Fsp3) is 0.500. The Balaban J connectivity index is 2.31. The van der Waals surface area contributed by atoms with Crippen LogP contribution in [0.2, 0.25) is 0 Å². The van der Waals surface area contributed by atoms with Crippen LogP contribution in [-0.4, -0.2) is 6.54 Å². The SMILES string of the molecule is CCCCCCNc1ccc(Br)cc1N. The van der Waals surface area contributed by atoms with Gasteiger partial charge in [0.15, 0.2) is 0 Å². The van der Waals surface area contributed by atoms with Crippen LogP contribution in [-0.2, 0) is 0 Å². The van der Waals surface area contributed by atoms with Crippen molar-refractivity contribution in [2.24, 2.45) is 0 Å². The topological polar surface area (TPSA) is 38.0 Å². The number of nitrogen functional groups attached to an aromatic ring is 1. The summed E-state index contributed by atoms with van der Waals surface area (Å²) in [7, 11) is 0. The summed E-state index contributed by atoms with van der Waals surface area (Å²) in [4.78, 5) is 0. The Bertz CT molecular complexity index is 300. The van der Waals surface area contributed by atoms with E-state index in [0.29, 0.717) is 0 Å². The van der Waals surface area contributed by atoms with Crippen molar-refractivity contribution < 1.29 is 0 Å². The van der Waals surface area contributed by atoms with Crippen LogP contribution in [0.25, 0.3) is 0 Å². The highest BCUT2D eigenvalue weighted by Gasteiger charge is 1.98. The lowest BCUT2D eigenvalue weighted by molar-refractivity contribution is 0.685. The summed E-state index contributed by atoms with van der Waals surface area (Å²) in [6, 6.07) is 5.94. The Labute approximate surface area is 100 Å². The second kappa shape index (κ2) is 6.72. The second-order valence-electron chi connectivity index (χ2n) is 3.72. The summed E-state index contributed by atoms with van der Waals surface area (Å²) in [5.41, 5.74) is 7.71. The third-order valence-electron chi connectivity index (χ3n) is 2.36. The Morgan fingerprint density at radius 2 is 2.07 bits per heavy atom. The van der Waals surface area contributed by atoms with Gasteiger partial charge in [0, 0.05) is 11.0 Å². The van der Waals surface area contributed by atoms with E-state index in [1.807, 2.05) is 18.2 Å². The quantitative estimate of drug-likeness (QED) is 0.605. The van der Waals surface area contributed by atoms with Crippen molar-refractivity contribution in [3.05, 3.63) is 22.7 Å². The molecule has 0 heterocycles. The van der Waals surface area contributed by atoms with Crippen LogP contribution in [0.15, 0.2) is 22.7 Å². The van der Waals surface area contributed by atoms with E-state index in [4.69, 9.17) is 5.73 Å². The molecule has 0 fully saturated rings. The molecule has 0 atom stereocenters. The molecule has 0 amide bonds. The number of hydrogen-bond donors (Lipinski definition) is 2. The zero-order valence-corrected chi connectivity index (χ0v) is 10.8. The summed E-state index contributed by atoms with van der Waals surface area (Å²) in [5, 5.41) is 3.35. The lowest BCUT2D eigenvalue weighted by Gasteiger charge is -2.09. The lowest BCUT2D eigenvalue weighted by atomic mass is 10.2. The number of unbranched alkanes of at least 4 members (excludes halogenated alkanes) is 3. The van der Waals surface area contributed by atoms with E-state index in [1.165, 1.54) is 25.7 Å². The molecule has 3 heteroatoms. The lowest BCUT2D eigenvalue weighted by Crippen LogP contribution is -2.03. The molecule has 0 unspecified atom stereocenters. The molecule has 2 nitrogen and oxygen atoms in total. The molecule has 1 rings (SSSR count). The number of hydrogen-bond acceptors (Lipinski definition) is 2. The molecule has 0 bridgehead atoms. The first-order valence-electron chi connectivity index (χ1n) is 5.53. The molecule has 84 valence electrons. The minimum absolute atomic E-state index is 0.805. The summed E-state index contributed by atoms with van der Waals surface area (Å²) in [5.74, 6) is 0. The standard InChI is InChI=1S/C12H19BrN2/c1-2-3-4-5-8-15-12-7-6-10(13)9-11(12)14/h6-7,9,15H,2-5,8,14H2,1H3. The summed E-state index contributed by atoms with van der Waals surface area (Å²) >= 11 is 3.39. The normalized spacial score (nSPS) is 10.3. The Kier molecular flexibility index (Phi) is 5.54. The number of halogens is 1. The van der Waals surface area contributed by atoms with Gasteiger partial charge in [-0.3, -0.25) is 0 Å². The molecule has 0 radical (unpaired) electrons. The van der Waals surface area contributed by atoms with Crippen molar-refractivity contribution in [1.29, 1.82) is 0 Å². The van der Waals surface area contributed by atoms with Crippen molar-refractivity contribution in [1.82, 2.24) is 0 Å². The highest BCUT2D eigenvalue weighted by molar-refractivity contribution is 9.10. The largest absolute Gasteiger partial charge is 0.397 e. The average Bonchev–Trinajstić information content (AvgIpc) is 2.20. The molecule has 3 N–H and O–H groups in total. The van der Waals surface area contributed by atoms with Crippen LogP contribution < -0.4 is 11.1 Å². The van der Waals surface area contributed by atoms with E-state index < -0.39 is 0 Å². The molecule has 15 heavy (non-hydrogen) atoms. The predicted molar refractivity (Wildman–Crippen MR) is 71.2 cm³/mol. The molecule has 1 aromatic rings. The van der Waals surface area contributed by atoms with Gasteiger partial charge in [-0.15, -0.1) is 0 Å². The number of anilines is 2. The minimum Gasteiger partial charge on any atom is -0.397 e. The van der Waals surface area contributed by atoms with Crippen molar-refractivity contribution in [3.8, 4) is 0 Å². The van der Waals surface area contributed by atoms with Gasteiger partial charge >= 0.3 is 0 Å². The van der Waals surface area contributed by atoms with E-state index in [-0.39, 0.29) is 0 Å². The average molecular weight is 271 g/mol. The van der Waals surface area contributed by atoms with Crippen LogP contribution >= 0.6 is 15.9 Å². The number of rotatable bonds is 6. The van der Waals surface area contributed by atoms with Gasteiger partial charge in [0.05, 0.1) is 11.4 Å². The smallest absolute Gasteiger partial charge is 0.0574 e. The Morgan fingerprint density at radius 3 is 2.73 bits per heavy atom. The van der Waals surface area contributed by atoms with Gasteiger partial charge in [-0.1, -0.05) is 42.1 Å². The van der Waals surface area contributed by atoms with E-state index in [0.717, 1.165) is 22.4 Å². The van der Waals surface area contributed by atoms with Gasteiger partial charge in [-0.2, -0.15) is 0 Å². The number of benzene rings is 1. The van der Waals surface area contributed by atoms with Gasteiger partial charge < -0.3 is 11.1 Å². The second-order valence-corrected chi connectivity index (χ2v) is 4.63. The Morgan fingerprint density at radius 1 is 1.27 bits per heavy atom. The Hall–Kier alpha value is -0.700. The zero-order valence-electron chi connectivity index (χ0n) is 9.22. The molecule has 0 saturated carbocycles. The maximum atomic E-state index is 5.87. The van der Waals surface area contributed by atoms with Gasteiger partial charge in [-0.25, -0.2) is 0 Å². The van der Waals surface area contributed by atoms with E-state index in [1.54, 1.807) is 0 Å². The summed E-state index contributed by atoms with van der Waals surface area (Å²) < 4.78 is 1.02. The van der Waals surface area contributed by atoms with E-state index in [9.17, 15) is 0 Å². The molecule has 1 aromatic carbocycles. The van der Waals surface area contributed by atoms with Gasteiger partial charge in [-0.05, 0) is 24.6 Å². The maximum absolute atomic E-state index is 5.87. The van der Waals surface area contributed by atoms with Gasteiger partial charge in [0.2, 0.25) is 0 Å². The van der Waals surface area contributed by atoms with E-state index in [2.05, 4.69) is 28.2 Å². The summed E-state index contributed by atoms with van der Waals surface area (Å²) in [6.07, 6.45) is 5.10. The molecule has 0 aromatic heterocycles. The number of nitrogens with two attached hydrogens (primary N) is 1. The zero-order chi connectivity index (χ0) is 11.1. The molecule has 0 aliphatic heterocycles. The first-order chi connectivity index (χ1) is 7.24. The fourth-order valence-corrected chi connectivity index (χ4v) is 1.85. The van der Waals surface area contributed by atoms with E-state index >= 15 is 0 Å². The third kappa shape index (κ3) is 4.56. The fourth-order valence-electron chi connectivity index (χ4n) is 1.47. The monoisotopic (exact) mass is 270 g/mol. The predicted octanol–water partition coefficient (Wildman–Crippen LogP) is 4.02. The third-order valence-corrected chi connectivity index (χ3v) is 2.85. The van der Waals surface area contributed by atoms with Gasteiger partial charge in [0.1, 0.15) is 0 Å². The molecule has 0 aliphatic rings. The van der Waals surface area contributed by atoms with Crippen molar-refractivity contribution in [2.75, 3.05) is 17.6 Å². The van der Waals surface area contributed by atoms with Crippen LogP contribution in [0, 0.1) is 0 Å². The highest BCUT2D eigenvalue weighted by atomic mass is 79.9. The maximum Gasteiger partial charge on any atom is 0.0574 e. The van der Waals surface area contributed by atoms with Crippen LogP contribution in [0.1, 0.15) is 32.6 Å². The first-order valence-corrected chi connectivity index (χ1v) is 6.32. The summed E-state index contributed by atoms with van der Waals surface area (Å²) in [6.45, 7) is 3.23. The molecule has 0 aliphatic carbocycles. The molecular formula is C12H19BrN2.